The third-order valence-corrected chi connectivity index (χ3v) is 20.3. The van der Waals surface area contributed by atoms with E-state index in [-0.39, 0.29) is 67.7 Å². The van der Waals surface area contributed by atoms with Gasteiger partial charge in [-0.25, -0.2) is 35.1 Å². The lowest BCUT2D eigenvalue weighted by molar-refractivity contribution is -0.199. The fraction of sp³-hybridized carbons (Fsp3) is 0.648. The second-order valence-corrected chi connectivity index (χ2v) is 28.8. The van der Waals surface area contributed by atoms with Crippen LogP contribution in [0.25, 0.3) is 0 Å². The van der Waals surface area contributed by atoms with E-state index in [2.05, 4.69) is 20.8 Å². The van der Waals surface area contributed by atoms with Crippen molar-refractivity contribution < 1.29 is 117 Å². The number of aliphatic hydroxyl groups excluding tert-OH is 1. The van der Waals surface area contributed by atoms with Crippen LogP contribution < -0.4 is 11.5 Å². The van der Waals surface area contributed by atoms with Crippen molar-refractivity contribution in [1.29, 1.82) is 0 Å². The molecule has 3 saturated carbocycles. The van der Waals surface area contributed by atoms with Gasteiger partial charge in [-0.3, -0.25) is 33.6 Å². The van der Waals surface area contributed by atoms with Crippen molar-refractivity contribution in [1.82, 2.24) is 14.7 Å². The molecule has 3 aromatic rings. The average Bonchev–Trinajstić information content (AvgIpc) is 1.39. The number of halogens is 8. The van der Waals surface area contributed by atoms with Gasteiger partial charge in [-0.2, -0.15) is 0 Å². The molecule has 3 aromatic carbocycles. The number of likely N-dealkylation sites (tertiary alicyclic amines) is 3. The minimum Gasteiger partial charge on any atom is -0.461 e. The van der Waals surface area contributed by atoms with Crippen LogP contribution in [0.15, 0.2) is 91.0 Å². The van der Waals surface area contributed by atoms with Crippen molar-refractivity contribution in [3.05, 3.63) is 108 Å². The number of ketones is 1. The smallest absolute Gasteiger partial charge is 0.461 e. The van der Waals surface area contributed by atoms with Gasteiger partial charge < -0.3 is 74.9 Å². The Kier molecular flexibility index (Phi) is 33.5. The Morgan fingerprint density at radius 3 is 1.29 bits per heavy atom. The predicted octanol–water partition coefficient (Wildman–Crippen LogP) is 8.20. The van der Waals surface area contributed by atoms with Gasteiger partial charge in [0.15, 0.2) is 0 Å². The Labute approximate surface area is 605 Å². The van der Waals surface area contributed by atoms with Gasteiger partial charge in [-0.15, -0.1) is 0 Å². The van der Waals surface area contributed by atoms with E-state index in [1.165, 1.54) is 20.3 Å². The number of amides is 3. The summed E-state index contributed by atoms with van der Waals surface area (Å²) in [4.78, 5) is 84.3. The Morgan fingerprint density at radius 2 is 0.933 bits per heavy atom. The summed E-state index contributed by atoms with van der Waals surface area (Å²) in [5.41, 5.74) is 12.8. The van der Waals surface area contributed by atoms with Gasteiger partial charge in [-0.05, 0) is 134 Å². The molecule has 2 unspecified atom stereocenters. The van der Waals surface area contributed by atoms with E-state index in [1.54, 1.807) is 49.9 Å². The molecule has 3 amide bonds. The third kappa shape index (κ3) is 25.3. The molecule has 4 saturated heterocycles. The minimum absolute atomic E-state index is 0.0279. The Bertz CT molecular complexity index is 3180. The van der Waals surface area contributed by atoms with E-state index < -0.39 is 128 Å². The molecule has 0 spiro atoms. The monoisotopic (exact) mass is 1480 g/mol. The van der Waals surface area contributed by atoms with Crippen molar-refractivity contribution in [3.63, 3.8) is 0 Å². The molecule has 22 nitrogen and oxygen atoms in total. The van der Waals surface area contributed by atoms with Gasteiger partial charge in [0.25, 0.3) is 23.7 Å². The molecule has 580 valence electrons. The quantitative estimate of drug-likeness (QED) is 0.0174. The summed E-state index contributed by atoms with van der Waals surface area (Å²) < 4.78 is 132. The standard InChI is InChI=1S/C19H30BF2NO3.C12H14F2O2.C12H16O3.C12H14O3.2C8H15BF2N2O3/c1-11(19(5,21)22)16(24)23-8-6-7-15(23)20-25-14-10-12-9-13(17(12,2)3)18(14,4)26-20;1-9(12(2,13)14)11(15)16-8-10-6-4-3-5-7-10;2*1-9(10(2)13)12(14)15-8-11-6-4-3-5-7-11;2*1-8(10,11)6(12)7(14)13-4-2-3-5(13)9(15)16/h11-15H,6-10H2,1-5H3;3-7,9H,8H2,1-2H3;3-7,9-10,13H,8H2,1-2H3;3-7,9H,8H2,1-2H3;2*5-6,15-16H,2-4,12H2,1H3/t11-,12+,13+,14?,15+,18+;9-;9-,10?;9-;2*5-,6+/m110000/s1. The summed E-state index contributed by atoms with van der Waals surface area (Å²) in [7, 11) is -3.93. The van der Waals surface area contributed by atoms with E-state index in [4.69, 9.17) is 55.1 Å². The summed E-state index contributed by atoms with van der Waals surface area (Å²) in [5.74, 6) is -21.7. The molecule has 9 N–H and O–H groups in total. The Morgan fingerprint density at radius 1 is 0.558 bits per heavy atom. The highest BCUT2D eigenvalue weighted by Crippen LogP contribution is 2.66. The molecule has 33 heteroatoms. The minimum atomic E-state index is -3.31. The number of hydrogen-bond acceptors (Lipinski definition) is 19. The number of benzene rings is 3. The lowest BCUT2D eigenvalue weighted by atomic mass is 9.43. The third-order valence-electron chi connectivity index (χ3n) is 20.3. The summed E-state index contributed by atoms with van der Waals surface area (Å²) in [6, 6.07) is 23.9. The predicted molar refractivity (Wildman–Crippen MR) is 371 cm³/mol. The van der Waals surface area contributed by atoms with Crippen LogP contribution >= 0.6 is 0 Å². The average molecular weight is 1480 g/mol. The van der Waals surface area contributed by atoms with Crippen LogP contribution in [-0.2, 0) is 76.9 Å². The zero-order valence-corrected chi connectivity index (χ0v) is 61.5. The first-order valence-corrected chi connectivity index (χ1v) is 34.9. The van der Waals surface area contributed by atoms with Crippen molar-refractivity contribution in [2.75, 3.05) is 19.6 Å². The molecule has 104 heavy (non-hydrogen) atoms. The molecule has 4 aliphatic heterocycles. The molecule has 4 heterocycles. The summed E-state index contributed by atoms with van der Waals surface area (Å²) in [6.45, 7) is 19.5. The SMILES string of the molecule is CC(=O)[C@H](C)C(=O)OCc1ccccc1.CC(F)(F)[C@H](N)C(=O)N1CCC[C@H]1B(O)O.CC(F)(F)[C@H](N)C(=O)N1CCC[C@H]1B(O)O.CC(O)[C@H](C)C(=O)OCc1ccccc1.C[C@H](C(=O)N1CCC[C@H]1B1OC2C[C@@H]3C[C@@H](C3(C)C)[C@]2(C)O1)C(C)(F)F.C[C@H](C(=O)OCc1ccccc1)C(C)(F)F. The number of aliphatic hydroxyl groups is 1. The van der Waals surface area contributed by atoms with Gasteiger partial charge in [0.2, 0.25) is 17.7 Å². The van der Waals surface area contributed by atoms with Gasteiger partial charge in [0.1, 0.15) is 49.5 Å². The van der Waals surface area contributed by atoms with Crippen LogP contribution in [0.1, 0.15) is 158 Å². The van der Waals surface area contributed by atoms with Crippen LogP contribution in [0, 0.1) is 40.9 Å². The fourth-order valence-electron chi connectivity index (χ4n) is 12.6. The molecule has 7 fully saturated rings. The van der Waals surface area contributed by atoms with Crippen LogP contribution in [0.2, 0.25) is 0 Å². The molecule has 10 rings (SSSR count). The number of hydrogen-bond donors (Lipinski definition) is 7. The zero-order valence-electron chi connectivity index (χ0n) is 61.5. The molecule has 3 aliphatic carbocycles. The van der Waals surface area contributed by atoms with E-state index in [0.717, 1.165) is 59.6 Å². The second-order valence-electron chi connectivity index (χ2n) is 28.8. The van der Waals surface area contributed by atoms with Crippen LogP contribution in [0.4, 0.5) is 35.1 Å². The van der Waals surface area contributed by atoms with Gasteiger partial charge >= 0.3 is 39.3 Å². The normalized spacial score (nSPS) is 23.6. The zero-order chi connectivity index (χ0) is 78.8. The Hall–Kier alpha value is -6.58. The van der Waals surface area contributed by atoms with Crippen molar-refractivity contribution in [2.24, 2.45) is 52.4 Å². The first kappa shape index (κ1) is 89.8. The van der Waals surface area contributed by atoms with Crippen molar-refractivity contribution >= 4 is 62.8 Å². The number of carbonyl (C=O) groups excluding carboxylic acids is 7. The number of alkyl halides is 8. The summed E-state index contributed by atoms with van der Waals surface area (Å²) in [6.07, 6.45) is 4.95. The van der Waals surface area contributed by atoms with E-state index in [9.17, 15) is 73.8 Å². The van der Waals surface area contributed by atoms with Crippen LogP contribution in [-0.4, -0.2) is 194 Å². The maximum atomic E-state index is 13.7. The maximum absolute atomic E-state index is 13.7. The molecule has 14 atom stereocenters. The van der Waals surface area contributed by atoms with Crippen molar-refractivity contribution in [3.8, 4) is 0 Å². The second kappa shape index (κ2) is 38.8. The number of nitrogens with zero attached hydrogens (tertiary/aromatic N) is 3. The van der Waals surface area contributed by atoms with Crippen molar-refractivity contribution in [2.45, 2.75) is 233 Å². The first-order chi connectivity index (χ1) is 48.1. The Balaban J connectivity index is 0.000000268. The van der Waals surface area contributed by atoms with Gasteiger partial charge in [-0.1, -0.05) is 105 Å². The lowest BCUT2D eigenvalue weighted by Crippen LogP contribution is -2.65. The first-order valence-electron chi connectivity index (χ1n) is 34.9. The number of rotatable bonds is 21. The maximum Gasteiger partial charge on any atom is 0.481 e. The highest BCUT2D eigenvalue weighted by Gasteiger charge is 2.69. The van der Waals surface area contributed by atoms with Gasteiger partial charge in [0.05, 0.1) is 47.5 Å². The summed E-state index contributed by atoms with van der Waals surface area (Å²) in [5, 5.41) is 45.1. The summed E-state index contributed by atoms with van der Waals surface area (Å²) >= 11 is 0. The van der Waals surface area contributed by atoms with Gasteiger partial charge in [0, 0.05) is 47.3 Å². The largest absolute Gasteiger partial charge is 0.481 e. The van der Waals surface area contributed by atoms with E-state index in [0.29, 0.717) is 64.8 Å². The molecular formula is C71H104B3F8N5O17. The highest BCUT2D eigenvalue weighted by molar-refractivity contribution is 6.48. The number of ether oxygens (including phenoxy) is 3. The molecule has 7 aliphatic rings. The number of nitrogens with two attached hydrogens (primary N) is 2. The lowest BCUT2D eigenvalue weighted by Gasteiger charge is -2.64. The van der Waals surface area contributed by atoms with Crippen LogP contribution in [0.5, 0.6) is 0 Å². The topological polar surface area (TPSA) is 329 Å². The van der Waals surface area contributed by atoms with E-state index in [1.807, 2.05) is 66.7 Å². The number of Topliss-reactive ketones (excluding diaryl/α,β-unsaturated/α-hetero) is 1. The molecule has 2 bridgehead atoms. The molecule has 0 radical (unpaired) electrons. The number of carbonyl (C=O) groups is 7. The number of esters is 3. The van der Waals surface area contributed by atoms with Crippen LogP contribution in [0.3, 0.4) is 0 Å². The molecular weight excluding hydrogens is 1380 g/mol. The highest BCUT2D eigenvalue weighted by atomic mass is 19.3. The molecule has 0 aromatic heterocycles. The fourth-order valence-corrected chi connectivity index (χ4v) is 12.6. The van der Waals surface area contributed by atoms with E-state index >= 15 is 0 Å².